The number of aryl methyl sites for hydroxylation is 1. The zero-order chi connectivity index (χ0) is 12.7. The number of hydrogen-bond acceptors (Lipinski definition) is 4. The second kappa shape index (κ2) is 7.45. The Balaban J connectivity index is 2.16. The average Bonchev–Trinajstić information content (AvgIpc) is 2.71. The monoisotopic (exact) mass is 255 g/mol. The van der Waals surface area contributed by atoms with Gasteiger partial charge in [-0.15, -0.1) is 11.3 Å². The first-order valence-electron chi connectivity index (χ1n) is 6.11. The van der Waals surface area contributed by atoms with E-state index in [1.165, 1.54) is 9.75 Å². The molecule has 4 heteroatoms. The van der Waals surface area contributed by atoms with E-state index in [0.29, 0.717) is 13.0 Å². The molecular formula is C13H21NO2S. The van der Waals surface area contributed by atoms with Crippen molar-refractivity contribution in [2.24, 2.45) is 5.73 Å². The maximum atomic E-state index is 11.1. The van der Waals surface area contributed by atoms with Gasteiger partial charge in [-0.25, -0.2) is 0 Å². The Morgan fingerprint density at radius 1 is 1.47 bits per heavy atom. The predicted molar refractivity (Wildman–Crippen MR) is 71.1 cm³/mol. The van der Waals surface area contributed by atoms with Gasteiger partial charge in [0.15, 0.2) is 0 Å². The van der Waals surface area contributed by atoms with Crippen molar-refractivity contribution in [3.8, 4) is 0 Å². The molecule has 1 aromatic rings. The van der Waals surface area contributed by atoms with Crippen LogP contribution in [0.5, 0.6) is 0 Å². The quantitative estimate of drug-likeness (QED) is 0.601. The van der Waals surface area contributed by atoms with Gasteiger partial charge >= 0.3 is 5.97 Å². The summed E-state index contributed by atoms with van der Waals surface area (Å²) < 4.78 is 4.87. The molecule has 0 amide bonds. The molecule has 0 saturated heterocycles. The van der Waals surface area contributed by atoms with Gasteiger partial charge in [0, 0.05) is 22.2 Å². The van der Waals surface area contributed by atoms with E-state index in [1.54, 1.807) is 11.3 Å². The first kappa shape index (κ1) is 14.2. The molecule has 1 aromatic heterocycles. The van der Waals surface area contributed by atoms with Crippen molar-refractivity contribution >= 4 is 17.3 Å². The van der Waals surface area contributed by atoms with E-state index in [-0.39, 0.29) is 12.0 Å². The van der Waals surface area contributed by atoms with Gasteiger partial charge in [-0.3, -0.25) is 4.79 Å². The maximum absolute atomic E-state index is 11.1. The van der Waals surface area contributed by atoms with E-state index in [9.17, 15) is 4.79 Å². The molecule has 1 atom stereocenters. The van der Waals surface area contributed by atoms with Crippen molar-refractivity contribution in [1.29, 1.82) is 0 Å². The maximum Gasteiger partial charge on any atom is 0.305 e. The number of hydrogen-bond donors (Lipinski definition) is 1. The number of unbranched alkanes of at least 4 members (excludes halogenated alkanes) is 1. The van der Waals surface area contributed by atoms with E-state index in [0.717, 1.165) is 19.3 Å². The molecule has 0 aliphatic carbocycles. The average molecular weight is 255 g/mol. The van der Waals surface area contributed by atoms with Crippen LogP contribution >= 0.6 is 11.3 Å². The van der Waals surface area contributed by atoms with Crippen molar-refractivity contribution in [3.05, 3.63) is 21.9 Å². The van der Waals surface area contributed by atoms with Crippen LogP contribution in [0.2, 0.25) is 0 Å². The number of thiophene rings is 1. The van der Waals surface area contributed by atoms with Gasteiger partial charge in [-0.05, 0) is 38.8 Å². The van der Waals surface area contributed by atoms with Gasteiger partial charge in [0.2, 0.25) is 0 Å². The molecule has 1 heterocycles. The van der Waals surface area contributed by atoms with Gasteiger partial charge in [0.1, 0.15) is 0 Å². The summed E-state index contributed by atoms with van der Waals surface area (Å²) in [7, 11) is 0. The van der Waals surface area contributed by atoms with Crippen LogP contribution in [0, 0.1) is 6.92 Å². The molecule has 0 aliphatic heterocycles. The summed E-state index contributed by atoms with van der Waals surface area (Å²) in [6.45, 7) is 4.38. The summed E-state index contributed by atoms with van der Waals surface area (Å²) in [5.74, 6) is -0.104. The van der Waals surface area contributed by atoms with Crippen LogP contribution in [0.25, 0.3) is 0 Å². The highest BCUT2D eigenvalue weighted by molar-refractivity contribution is 7.12. The third-order valence-corrected chi connectivity index (χ3v) is 3.71. The van der Waals surface area contributed by atoms with E-state index >= 15 is 0 Å². The Bertz CT molecular complexity index is 349. The molecule has 0 aromatic carbocycles. The zero-order valence-corrected chi connectivity index (χ0v) is 11.4. The highest BCUT2D eigenvalue weighted by Gasteiger charge is 2.08. The molecule has 0 saturated carbocycles. The minimum Gasteiger partial charge on any atom is -0.466 e. The van der Waals surface area contributed by atoms with Crippen molar-refractivity contribution in [2.45, 2.75) is 45.6 Å². The van der Waals surface area contributed by atoms with Crippen molar-refractivity contribution in [2.75, 3.05) is 6.61 Å². The fourth-order valence-electron chi connectivity index (χ4n) is 1.66. The predicted octanol–water partition coefficient (Wildman–Crippen LogP) is 3.18. The van der Waals surface area contributed by atoms with Gasteiger partial charge in [-0.2, -0.15) is 0 Å². The largest absolute Gasteiger partial charge is 0.466 e. The summed E-state index contributed by atoms with van der Waals surface area (Å²) in [5, 5.41) is 0. The SMILES string of the molecule is CCOC(=O)CCCCC(N)c1ccc(C)s1. The molecule has 0 fully saturated rings. The first-order valence-corrected chi connectivity index (χ1v) is 6.92. The van der Waals surface area contributed by atoms with Crippen LogP contribution in [0.3, 0.4) is 0 Å². The number of carbonyl (C=O) groups is 1. The number of ether oxygens (including phenoxy) is 1. The first-order chi connectivity index (χ1) is 8.13. The summed E-state index contributed by atoms with van der Waals surface area (Å²) in [5.41, 5.74) is 6.08. The molecule has 17 heavy (non-hydrogen) atoms. The third kappa shape index (κ3) is 5.33. The second-order valence-corrected chi connectivity index (χ2v) is 5.43. The highest BCUT2D eigenvalue weighted by atomic mass is 32.1. The number of carbonyl (C=O) groups excluding carboxylic acids is 1. The summed E-state index contributed by atoms with van der Waals surface area (Å²) >= 11 is 1.75. The number of nitrogens with two attached hydrogens (primary N) is 1. The zero-order valence-electron chi connectivity index (χ0n) is 10.6. The van der Waals surface area contributed by atoms with Gasteiger partial charge in [-0.1, -0.05) is 6.42 Å². The molecule has 0 bridgehead atoms. The van der Waals surface area contributed by atoms with E-state index in [4.69, 9.17) is 10.5 Å². The molecule has 0 spiro atoms. The number of esters is 1. The van der Waals surface area contributed by atoms with E-state index in [1.807, 2.05) is 6.92 Å². The normalized spacial score (nSPS) is 12.4. The van der Waals surface area contributed by atoms with Crippen LogP contribution < -0.4 is 5.73 Å². The van der Waals surface area contributed by atoms with E-state index in [2.05, 4.69) is 19.1 Å². The van der Waals surface area contributed by atoms with Crippen LogP contribution in [0.1, 0.15) is 48.4 Å². The van der Waals surface area contributed by atoms with E-state index < -0.39 is 0 Å². The molecule has 0 radical (unpaired) electrons. The molecular weight excluding hydrogens is 234 g/mol. The number of rotatable bonds is 7. The van der Waals surface area contributed by atoms with Crippen LogP contribution in [0.4, 0.5) is 0 Å². The second-order valence-electron chi connectivity index (χ2n) is 4.11. The Morgan fingerprint density at radius 3 is 2.82 bits per heavy atom. The molecule has 2 N–H and O–H groups in total. The highest BCUT2D eigenvalue weighted by Crippen LogP contribution is 2.24. The Hall–Kier alpha value is -0.870. The van der Waals surface area contributed by atoms with Crippen LogP contribution in [-0.2, 0) is 9.53 Å². The van der Waals surface area contributed by atoms with Crippen LogP contribution in [0.15, 0.2) is 12.1 Å². The van der Waals surface area contributed by atoms with Gasteiger partial charge in [0.05, 0.1) is 6.61 Å². The van der Waals surface area contributed by atoms with Crippen molar-refractivity contribution in [3.63, 3.8) is 0 Å². The lowest BCUT2D eigenvalue weighted by molar-refractivity contribution is -0.143. The van der Waals surface area contributed by atoms with Crippen molar-refractivity contribution < 1.29 is 9.53 Å². The minimum atomic E-state index is -0.104. The summed E-state index contributed by atoms with van der Waals surface area (Å²) in [6.07, 6.45) is 3.26. The third-order valence-electron chi connectivity index (χ3n) is 2.58. The Morgan fingerprint density at radius 2 is 2.24 bits per heavy atom. The fraction of sp³-hybridized carbons (Fsp3) is 0.615. The summed E-state index contributed by atoms with van der Waals surface area (Å²) in [6, 6.07) is 4.30. The molecule has 1 rings (SSSR count). The van der Waals surface area contributed by atoms with Gasteiger partial charge < -0.3 is 10.5 Å². The Kier molecular flexibility index (Phi) is 6.22. The summed E-state index contributed by atoms with van der Waals surface area (Å²) in [4.78, 5) is 13.6. The molecule has 1 unspecified atom stereocenters. The molecule has 3 nitrogen and oxygen atoms in total. The van der Waals surface area contributed by atoms with Gasteiger partial charge in [0.25, 0.3) is 0 Å². The molecule has 96 valence electrons. The van der Waals surface area contributed by atoms with Crippen molar-refractivity contribution in [1.82, 2.24) is 0 Å². The fourth-order valence-corrected chi connectivity index (χ4v) is 2.57. The lowest BCUT2D eigenvalue weighted by Crippen LogP contribution is -2.09. The lowest BCUT2D eigenvalue weighted by Gasteiger charge is -2.08. The topological polar surface area (TPSA) is 52.3 Å². The standard InChI is InChI=1S/C13H21NO2S/c1-3-16-13(15)7-5-4-6-11(14)12-9-8-10(2)17-12/h8-9,11H,3-7,14H2,1-2H3. The Labute approximate surface area is 107 Å². The smallest absolute Gasteiger partial charge is 0.305 e. The minimum absolute atomic E-state index is 0.104. The lowest BCUT2D eigenvalue weighted by atomic mass is 10.1. The molecule has 0 aliphatic rings. The van der Waals surface area contributed by atoms with Crippen LogP contribution in [-0.4, -0.2) is 12.6 Å².